The molecule has 0 aliphatic carbocycles. The third-order valence-electron chi connectivity index (χ3n) is 6.27. The minimum atomic E-state index is -0.886. The number of aromatic nitrogens is 1. The zero-order chi connectivity index (χ0) is 26.6. The Morgan fingerprint density at radius 3 is 2.67 bits per heavy atom. The molecule has 1 aromatic carbocycles. The molecule has 0 saturated carbocycles. The molecule has 3 rings (SSSR count). The summed E-state index contributed by atoms with van der Waals surface area (Å²) in [5.74, 6) is 5.78. The normalized spacial score (nSPS) is 14.0. The van der Waals surface area contributed by atoms with Gasteiger partial charge < -0.3 is 25.2 Å². The van der Waals surface area contributed by atoms with Crippen LogP contribution < -0.4 is 15.9 Å². The Kier molecular flexibility index (Phi) is 8.28. The summed E-state index contributed by atoms with van der Waals surface area (Å²) in [6.45, 7) is 5.42. The third-order valence-corrected chi connectivity index (χ3v) is 6.27. The number of benzene rings is 1. The summed E-state index contributed by atoms with van der Waals surface area (Å²) < 4.78 is 5.47. The molecule has 36 heavy (non-hydrogen) atoms. The first-order valence-corrected chi connectivity index (χ1v) is 11.6. The van der Waals surface area contributed by atoms with E-state index in [1.165, 1.54) is 7.11 Å². The number of rotatable bonds is 8. The Labute approximate surface area is 210 Å². The smallest absolute Gasteiger partial charge is 0.260 e. The van der Waals surface area contributed by atoms with Crippen LogP contribution in [0, 0.1) is 10.8 Å². The number of amides is 2. The summed E-state index contributed by atoms with van der Waals surface area (Å²) in [4.78, 5) is 32.1. The molecule has 11 heteroatoms. The number of pyridine rings is 1. The van der Waals surface area contributed by atoms with Gasteiger partial charge in [-0.2, -0.15) is 0 Å². The van der Waals surface area contributed by atoms with Crippen LogP contribution in [0.3, 0.4) is 0 Å². The van der Waals surface area contributed by atoms with Gasteiger partial charge in [0, 0.05) is 13.1 Å². The number of carbonyl (C=O) groups is 2. The SMILES string of the molecule is COc1cc2c(cc1C(=O)Nc1cccc(C(=N)N(N)C(C)CO)n1)CN(C(=O)C(C)(C)CO)CC2. The summed E-state index contributed by atoms with van der Waals surface area (Å²) in [5, 5.41) is 31.0. The monoisotopic (exact) mass is 498 g/mol. The van der Waals surface area contributed by atoms with Gasteiger partial charge in [0.2, 0.25) is 5.91 Å². The Morgan fingerprint density at radius 1 is 1.31 bits per heavy atom. The Bertz CT molecular complexity index is 1150. The van der Waals surface area contributed by atoms with Gasteiger partial charge in [0.1, 0.15) is 17.3 Å². The van der Waals surface area contributed by atoms with Crippen molar-refractivity contribution in [3.63, 3.8) is 0 Å². The number of hydrogen-bond acceptors (Lipinski definition) is 8. The van der Waals surface area contributed by atoms with Gasteiger partial charge in [0.25, 0.3) is 5.91 Å². The van der Waals surface area contributed by atoms with E-state index in [0.29, 0.717) is 25.3 Å². The highest BCUT2D eigenvalue weighted by Gasteiger charge is 2.33. The zero-order valence-electron chi connectivity index (χ0n) is 21.0. The fraction of sp³-hybridized carbons (Fsp3) is 0.440. The van der Waals surface area contributed by atoms with Crippen LogP contribution in [0.1, 0.15) is 48.0 Å². The molecule has 0 spiro atoms. The lowest BCUT2D eigenvalue weighted by Crippen LogP contribution is -2.46. The molecule has 0 radical (unpaired) electrons. The molecule has 2 heterocycles. The van der Waals surface area contributed by atoms with Crippen molar-refractivity contribution in [1.29, 1.82) is 5.41 Å². The summed E-state index contributed by atoms with van der Waals surface area (Å²) >= 11 is 0. The zero-order valence-corrected chi connectivity index (χ0v) is 21.0. The van der Waals surface area contributed by atoms with Crippen LogP contribution in [-0.2, 0) is 17.8 Å². The van der Waals surface area contributed by atoms with E-state index in [0.717, 1.165) is 16.1 Å². The van der Waals surface area contributed by atoms with Gasteiger partial charge >= 0.3 is 0 Å². The van der Waals surface area contributed by atoms with E-state index in [2.05, 4.69) is 10.3 Å². The summed E-state index contributed by atoms with van der Waals surface area (Å²) in [6, 6.07) is 7.86. The second-order valence-electron chi connectivity index (χ2n) is 9.49. The van der Waals surface area contributed by atoms with E-state index in [1.807, 2.05) is 6.07 Å². The fourth-order valence-electron chi connectivity index (χ4n) is 3.86. The maximum absolute atomic E-state index is 13.2. The van der Waals surface area contributed by atoms with Crippen molar-refractivity contribution in [3.8, 4) is 5.75 Å². The Morgan fingerprint density at radius 2 is 2.03 bits per heavy atom. The molecule has 0 saturated heterocycles. The number of nitrogens with one attached hydrogen (secondary N) is 2. The van der Waals surface area contributed by atoms with Crippen LogP contribution in [0.5, 0.6) is 5.75 Å². The predicted molar refractivity (Wildman–Crippen MR) is 135 cm³/mol. The first kappa shape index (κ1) is 27.1. The van der Waals surface area contributed by atoms with Gasteiger partial charge in [-0.3, -0.25) is 20.0 Å². The van der Waals surface area contributed by atoms with Crippen molar-refractivity contribution in [2.45, 2.75) is 39.8 Å². The molecule has 2 aromatic rings. The molecule has 1 aliphatic heterocycles. The van der Waals surface area contributed by atoms with Crippen molar-refractivity contribution >= 4 is 23.5 Å². The lowest BCUT2D eigenvalue weighted by atomic mass is 9.90. The number of ether oxygens (including phenoxy) is 1. The highest BCUT2D eigenvalue weighted by atomic mass is 16.5. The minimum Gasteiger partial charge on any atom is -0.496 e. The van der Waals surface area contributed by atoms with E-state index >= 15 is 0 Å². The maximum Gasteiger partial charge on any atom is 0.260 e. The number of aliphatic hydroxyl groups is 2. The summed E-state index contributed by atoms with van der Waals surface area (Å²) in [5.41, 5.74) is 1.44. The molecule has 1 atom stereocenters. The molecule has 2 amide bonds. The average molecular weight is 499 g/mol. The standard InChI is InChI=1S/C25H34N6O5/c1-15(13-32)31(27)22(26)19-6-5-7-21(28-19)29-23(34)18-10-17-12-30(24(35)25(2,3)14-33)9-8-16(17)11-20(18)36-4/h5-7,10-11,15,26,32-33H,8-9,12-14,27H2,1-4H3,(H,28,29,34). The van der Waals surface area contributed by atoms with Crippen LogP contribution in [0.4, 0.5) is 5.82 Å². The highest BCUT2D eigenvalue weighted by Crippen LogP contribution is 2.30. The lowest BCUT2D eigenvalue weighted by Gasteiger charge is -2.34. The number of hydrogen-bond donors (Lipinski definition) is 5. The van der Waals surface area contributed by atoms with E-state index in [1.54, 1.807) is 49.9 Å². The average Bonchev–Trinajstić information content (AvgIpc) is 2.90. The van der Waals surface area contributed by atoms with Gasteiger partial charge in [-0.15, -0.1) is 0 Å². The number of anilines is 1. The Hall–Kier alpha value is -3.54. The van der Waals surface area contributed by atoms with Crippen molar-refractivity contribution in [1.82, 2.24) is 14.9 Å². The van der Waals surface area contributed by atoms with E-state index in [9.17, 15) is 19.8 Å². The molecule has 0 fully saturated rings. The maximum atomic E-state index is 13.2. The molecule has 6 N–H and O–H groups in total. The second kappa shape index (κ2) is 11.0. The second-order valence-corrected chi connectivity index (χ2v) is 9.49. The van der Waals surface area contributed by atoms with Crippen LogP contribution in [0.25, 0.3) is 0 Å². The third kappa shape index (κ3) is 5.64. The molecular weight excluding hydrogens is 464 g/mol. The van der Waals surface area contributed by atoms with E-state index < -0.39 is 17.4 Å². The molecular formula is C25H34N6O5. The van der Waals surface area contributed by atoms with Gasteiger partial charge in [-0.05, 0) is 62.6 Å². The number of amidine groups is 1. The molecule has 1 aliphatic rings. The summed E-state index contributed by atoms with van der Waals surface area (Å²) in [6.07, 6.45) is 0.606. The van der Waals surface area contributed by atoms with Crippen LogP contribution in [0.2, 0.25) is 0 Å². The van der Waals surface area contributed by atoms with Gasteiger partial charge in [-0.1, -0.05) is 6.07 Å². The van der Waals surface area contributed by atoms with Crippen molar-refractivity contribution in [2.75, 3.05) is 32.2 Å². The summed E-state index contributed by atoms with van der Waals surface area (Å²) in [7, 11) is 1.49. The number of carbonyl (C=O) groups excluding carboxylic acids is 2. The van der Waals surface area contributed by atoms with Gasteiger partial charge in [0.15, 0.2) is 5.84 Å². The van der Waals surface area contributed by atoms with E-state index in [4.69, 9.17) is 16.0 Å². The molecule has 11 nitrogen and oxygen atoms in total. The van der Waals surface area contributed by atoms with Crippen molar-refractivity contribution in [2.24, 2.45) is 11.3 Å². The molecule has 194 valence electrons. The molecule has 0 bridgehead atoms. The first-order valence-electron chi connectivity index (χ1n) is 11.6. The number of methoxy groups -OCH3 is 1. The van der Waals surface area contributed by atoms with Crippen LogP contribution in [-0.4, -0.2) is 75.7 Å². The number of aliphatic hydroxyl groups excluding tert-OH is 2. The van der Waals surface area contributed by atoms with Crippen LogP contribution in [0.15, 0.2) is 30.3 Å². The van der Waals surface area contributed by atoms with E-state index in [-0.39, 0.29) is 42.0 Å². The topological polar surface area (TPSA) is 165 Å². The number of fused-ring (bicyclic) bond motifs is 1. The Balaban J connectivity index is 1.84. The molecule has 1 aromatic heterocycles. The quantitative estimate of drug-likeness (QED) is 0.156. The number of nitrogens with two attached hydrogens (primary N) is 1. The van der Waals surface area contributed by atoms with Crippen molar-refractivity contribution in [3.05, 3.63) is 52.7 Å². The van der Waals surface area contributed by atoms with Gasteiger partial charge in [0.05, 0.1) is 37.3 Å². The van der Waals surface area contributed by atoms with Gasteiger partial charge in [-0.25, -0.2) is 10.8 Å². The fourth-order valence-corrected chi connectivity index (χ4v) is 3.86. The number of nitrogens with zero attached hydrogens (tertiary/aromatic N) is 3. The molecule has 1 unspecified atom stereocenters. The lowest BCUT2D eigenvalue weighted by molar-refractivity contribution is -0.143. The largest absolute Gasteiger partial charge is 0.496 e. The van der Waals surface area contributed by atoms with Crippen molar-refractivity contribution < 1.29 is 24.5 Å². The van der Waals surface area contributed by atoms with Crippen LogP contribution >= 0.6 is 0 Å². The minimum absolute atomic E-state index is 0.102. The number of hydrazine groups is 1. The highest BCUT2D eigenvalue weighted by molar-refractivity contribution is 6.06. The predicted octanol–water partition coefficient (Wildman–Crippen LogP) is 1.13. The first-order chi connectivity index (χ1) is 17.0.